The van der Waals surface area contributed by atoms with Gasteiger partial charge in [0.2, 0.25) is 0 Å². The lowest BCUT2D eigenvalue weighted by Crippen LogP contribution is -2.36. The Hall–Kier alpha value is -3.16. The lowest BCUT2D eigenvalue weighted by atomic mass is 10.2. The molecule has 1 aromatic carbocycles. The number of benzene rings is 1. The Bertz CT molecular complexity index is 877. The van der Waals surface area contributed by atoms with Gasteiger partial charge in [0.1, 0.15) is 12.4 Å². The molecule has 0 aliphatic carbocycles. The number of carbonyl (C=O) groups is 2. The minimum atomic E-state index is -0.787. The molecular formula is C19H23N3O5. The highest BCUT2D eigenvalue weighted by Crippen LogP contribution is 2.18. The highest BCUT2D eigenvalue weighted by atomic mass is 16.5. The molecular weight excluding hydrogens is 350 g/mol. The van der Waals surface area contributed by atoms with Crippen LogP contribution in [0.4, 0.5) is 5.82 Å². The molecule has 0 aliphatic rings. The standard InChI is InChI=1S/C19H23N3O5/c1-5-26-15(23)12-21(4)17-16(19(25)27-6-2)18(24)22(13(3)20-17)14-10-8-7-9-11-14/h7-11H,5-6,12H2,1-4H3. The fraction of sp³-hybridized carbons (Fsp3) is 0.368. The molecule has 27 heavy (non-hydrogen) atoms. The molecule has 0 spiro atoms. The fourth-order valence-electron chi connectivity index (χ4n) is 2.63. The van der Waals surface area contributed by atoms with Crippen molar-refractivity contribution in [2.45, 2.75) is 20.8 Å². The molecule has 1 aromatic heterocycles. The summed E-state index contributed by atoms with van der Waals surface area (Å²) >= 11 is 0. The van der Waals surface area contributed by atoms with Crippen molar-refractivity contribution >= 4 is 17.8 Å². The molecule has 0 fully saturated rings. The van der Waals surface area contributed by atoms with Gasteiger partial charge in [-0.05, 0) is 32.9 Å². The normalized spacial score (nSPS) is 10.4. The van der Waals surface area contributed by atoms with Crippen LogP contribution in [0.1, 0.15) is 30.0 Å². The molecule has 0 radical (unpaired) electrons. The van der Waals surface area contributed by atoms with Gasteiger partial charge in [-0.2, -0.15) is 0 Å². The van der Waals surface area contributed by atoms with Crippen molar-refractivity contribution in [2.75, 3.05) is 31.7 Å². The van der Waals surface area contributed by atoms with E-state index in [-0.39, 0.29) is 31.1 Å². The number of likely N-dealkylation sites (N-methyl/N-ethyl adjacent to an activating group) is 1. The Kier molecular flexibility index (Phi) is 6.70. The Labute approximate surface area is 157 Å². The fourth-order valence-corrected chi connectivity index (χ4v) is 2.63. The van der Waals surface area contributed by atoms with Gasteiger partial charge in [-0.15, -0.1) is 0 Å². The van der Waals surface area contributed by atoms with Gasteiger partial charge in [0, 0.05) is 7.05 Å². The zero-order chi connectivity index (χ0) is 20.0. The van der Waals surface area contributed by atoms with Crippen molar-refractivity contribution in [1.82, 2.24) is 9.55 Å². The summed E-state index contributed by atoms with van der Waals surface area (Å²) in [7, 11) is 1.56. The largest absolute Gasteiger partial charge is 0.465 e. The zero-order valence-corrected chi connectivity index (χ0v) is 15.9. The van der Waals surface area contributed by atoms with E-state index in [1.807, 2.05) is 6.07 Å². The first-order valence-electron chi connectivity index (χ1n) is 8.63. The van der Waals surface area contributed by atoms with Crippen molar-refractivity contribution in [3.63, 3.8) is 0 Å². The highest BCUT2D eigenvalue weighted by Gasteiger charge is 2.26. The first-order chi connectivity index (χ1) is 12.9. The number of aryl methyl sites for hydroxylation is 1. The third kappa shape index (κ3) is 4.52. The van der Waals surface area contributed by atoms with Gasteiger partial charge in [-0.25, -0.2) is 9.78 Å². The summed E-state index contributed by atoms with van der Waals surface area (Å²) < 4.78 is 11.3. The predicted octanol–water partition coefficient (Wildman–Crippen LogP) is 1.72. The number of nitrogens with zero attached hydrogens (tertiary/aromatic N) is 3. The molecule has 2 aromatic rings. The van der Waals surface area contributed by atoms with Crippen molar-refractivity contribution in [2.24, 2.45) is 0 Å². The van der Waals surface area contributed by atoms with E-state index < -0.39 is 17.5 Å². The van der Waals surface area contributed by atoms with Gasteiger partial charge < -0.3 is 14.4 Å². The zero-order valence-electron chi connectivity index (χ0n) is 15.9. The summed E-state index contributed by atoms with van der Waals surface area (Å²) in [4.78, 5) is 43.2. The highest BCUT2D eigenvalue weighted by molar-refractivity contribution is 5.95. The number of ether oxygens (including phenoxy) is 2. The van der Waals surface area contributed by atoms with Crippen LogP contribution in [0.25, 0.3) is 5.69 Å². The summed E-state index contributed by atoms with van der Waals surface area (Å²) in [6, 6.07) is 8.88. The number of esters is 2. The molecule has 144 valence electrons. The minimum absolute atomic E-state index is 0.0798. The van der Waals surface area contributed by atoms with Gasteiger partial charge in [0.25, 0.3) is 5.56 Å². The van der Waals surface area contributed by atoms with E-state index in [2.05, 4.69) is 4.98 Å². The van der Waals surface area contributed by atoms with E-state index in [1.165, 1.54) is 9.47 Å². The third-order valence-electron chi connectivity index (χ3n) is 3.76. The van der Waals surface area contributed by atoms with Gasteiger partial charge in [0.05, 0.1) is 18.9 Å². The molecule has 0 amide bonds. The number of anilines is 1. The van der Waals surface area contributed by atoms with E-state index in [0.717, 1.165) is 0 Å². The molecule has 0 saturated carbocycles. The van der Waals surface area contributed by atoms with Crippen LogP contribution in [-0.2, 0) is 14.3 Å². The van der Waals surface area contributed by atoms with Crippen LogP contribution < -0.4 is 10.5 Å². The maximum atomic E-state index is 13.1. The number of hydrogen-bond donors (Lipinski definition) is 0. The van der Waals surface area contributed by atoms with Gasteiger partial charge in [0.15, 0.2) is 11.4 Å². The molecule has 8 nitrogen and oxygen atoms in total. The van der Waals surface area contributed by atoms with Crippen LogP contribution in [0.2, 0.25) is 0 Å². The Morgan fingerprint density at radius 3 is 2.33 bits per heavy atom. The summed E-state index contributed by atoms with van der Waals surface area (Å²) in [5, 5.41) is 0. The number of carbonyl (C=O) groups excluding carboxylic acids is 2. The van der Waals surface area contributed by atoms with Crippen LogP contribution in [0, 0.1) is 6.92 Å². The maximum Gasteiger partial charge on any atom is 0.347 e. The van der Waals surface area contributed by atoms with Crippen molar-refractivity contribution in [1.29, 1.82) is 0 Å². The molecule has 0 bridgehead atoms. The maximum absolute atomic E-state index is 13.1. The van der Waals surface area contributed by atoms with E-state index in [0.29, 0.717) is 11.5 Å². The molecule has 0 N–H and O–H groups in total. The van der Waals surface area contributed by atoms with Crippen LogP contribution in [0.5, 0.6) is 0 Å². The molecule has 0 unspecified atom stereocenters. The van der Waals surface area contributed by atoms with Crippen molar-refractivity contribution in [3.8, 4) is 5.69 Å². The summed E-state index contributed by atoms with van der Waals surface area (Å²) in [5.74, 6) is -0.812. The average molecular weight is 373 g/mol. The van der Waals surface area contributed by atoms with Crippen LogP contribution >= 0.6 is 0 Å². The summed E-state index contributed by atoms with van der Waals surface area (Å²) in [5.41, 5.74) is -0.200. The van der Waals surface area contributed by atoms with E-state index in [1.54, 1.807) is 52.1 Å². The second kappa shape index (κ2) is 8.98. The minimum Gasteiger partial charge on any atom is -0.465 e. The van der Waals surface area contributed by atoms with Crippen LogP contribution in [-0.4, -0.2) is 48.3 Å². The third-order valence-corrected chi connectivity index (χ3v) is 3.76. The molecule has 2 rings (SSSR count). The predicted molar refractivity (Wildman–Crippen MR) is 100 cm³/mol. The smallest absolute Gasteiger partial charge is 0.347 e. The number of para-hydroxylation sites is 1. The van der Waals surface area contributed by atoms with Crippen LogP contribution in [0.3, 0.4) is 0 Å². The average Bonchev–Trinajstić information content (AvgIpc) is 2.62. The first-order valence-corrected chi connectivity index (χ1v) is 8.63. The molecule has 8 heteroatoms. The summed E-state index contributed by atoms with van der Waals surface area (Å²) in [6.45, 7) is 5.20. The first kappa shape index (κ1) is 20.2. The molecule has 0 atom stereocenters. The van der Waals surface area contributed by atoms with E-state index in [4.69, 9.17) is 9.47 Å². The quantitative estimate of drug-likeness (QED) is 0.683. The molecule has 0 saturated heterocycles. The number of aromatic nitrogens is 2. The van der Waals surface area contributed by atoms with Crippen LogP contribution in [0.15, 0.2) is 35.1 Å². The van der Waals surface area contributed by atoms with Gasteiger partial charge in [-0.1, -0.05) is 18.2 Å². The molecule has 1 heterocycles. The second-order valence-corrected chi connectivity index (χ2v) is 5.72. The van der Waals surface area contributed by atoms with E-state index in [9.17, 15) is 14.4 Å². The van der Waals surface area contributed by atoms with Crippen molar-refractivity contribution < 1.29 is 19.1 Å². The summed E-state index contributed by atoms with van der Waals surface area (Å²) in [6.07, 6.45) is 0. The van der Waals surface area contributed by atoms with Gasteiger partial charge in [-0.3, -0.25) is 14.2 Å². The second-order valence-electron chi connectivity index (χ2n) is 5.72. The SMILES string of the molecule is CCOC(=O)CN(C)c1nc(C)n(-c2ccccc2)c(=O)c1C(=O)OCC. The monoisotopic (exact) mass is 373 g/mol. The number of hydrogen-bond acceptors (Lipinski definition) is 7. The lowest BCUT2D eigenvalue weighted by molar-refractivity contribution is -0.141. The van der Waals surface area contributed by atoms with Crippen molar-refractivity contribution in [3.05, 3.63) is 52.1 Å². The van der Waals surface area contributed by atoms with E-state index >= 15 is 0 Å². The Morgan fingerprint density at radius 1 is 1.11 bits per heavy atom. The lowest BCUT2D eigenvalue weighted by Gasteiger charge is -2.21. The molecule has 0 aliphatic heterocycles. The Balaban J connectivity index is 2.61. The number of rotatable bonds is 7. The van der Waals surface area contributed by atoms with Gasteiger partial charge >= 0.3 is 11.9 Å². The topological polar surface area (TPSA) is 90.7 Å². The Morgan fingerprint density at radius 2 is 1.74 bits per heavy atom.